The first-order chi connectivity index (χ1) is 36.9. The minimum Gasteiger partial charge on any atom is -0.496 e. The summed E-state index contributed by atoms with van der Waals surface area (Å²) in [5.41, 5.74) is 3.74. The molecule has 6 atom stereocenters. The lowest BCUT2D eigenvalue weighted by atomic mass is 9.55. The lowest BCUT2D eigenvalue weighted by molar-refractivity contribution is -0.385. The summed E-state index contributed by atoms with van der Waals surface area (Å²) in [6.07, 6.45) is 11.1. The van der Waals surface area contributed by atoms with Gasteiger partial charge >= 0.3 is 0 Å². The van der Waals surface area contributed by atoms with Crippen LogP contribution in [0, 0.1) is 43.8 Å². The van der Waals surface area contributed by atoms with E-state index in [-0.39, 0.29) is 62.6 Å². The van der Waals surface area contributed by atoms with Gasteiger partial charge in [0.15, 0.2) is 6.29 Å². The van der Waals surface area contributed by atoms with Crippen molar-refractivity contribution in [1.82, 2.24) is 4.90 Å². The second-order valence-corrected chi connectivity index (χ2v) is 18.9. The number of ether oxygens (including phenoxy) is 4. The fourth-order valence-electron chi connectivity index (χ4n) is 10.7. The van der Waals surface area contributed by atoms with E-state index in [4.69, 9.17) is 28.9 Å². The molecule has 0 spiro atoms. The molecule has 0 bridgehead atoms. The Balaban J connectivity index is 1.34. The summed E-state index contributed by atoms with van der Waals surface area (Å²) in [6.45, 7) is 3.82. The zero-order valence-electron chi connectivity index (χ0n) is 41.9. The van der Waals surface area contributed by atoms with Gasteiger partial charge in [-0.25, -0.2) is 4.39 Å². The van der Waals surface area contributed by atoms with Gasteiger partial charge in [0.25, 0.3) is 11.4 Å². The maximum Gasteiger partial charge on any atom is 0.269 e. The van der Waals surface area contributed by atoms with Gasteiger partial charge in [-0.15, -0.1) is 6.58 Å². The second kappa shape index (κ2) is 25.0. The van der Waals surface area contributed by atoms with Gasteiger partial charge in [0.1, 0.15) is 41.5 Å². The molecular formula is C58H59FN4O13. The van der Waals surface area contributed by atoms with Crippen molar-refractivity contribution in [1.29, 1.82) is 0 Å². The molecule has 0 saturated heterocycles. The maximum absolute atomic E-state index is 15.3. The number of fused-ring (bicyclic) bond motifs is 2. The third kappa shape index (κ3) is 12.2. The second-order valence-electron chi connectivity index (χ2n) is 18.9. The summed E-state index contributed by atoms with van der Waals surface area (Å²) >= 11 is 0. The van der Waals surface area contributed by atoms with Crippen molar-refractivity contribution < 1.29 is 57.8 Å². The number of carbonyl (C=O) groups is 2. The number of benzene rings is 5. The number of allylic oxidation sites excluding steroid dienone is 1. The lowest BCUT2D eigenvalue weighted by Gasteiger charge is -2.60. The van der Waals surface area contributed by atoms with E-state index >= 15 is 4.79 Å². The molecule has 0 aromatic heterocycles. The van der Waals surface area contributed by atoms with Gasteiger partial charge in [0.05, 0.1) is 40.8 Å². The highest BCUT2D eigenvalue weighted by atomic mass is 19.1. The van der Waals surface area contributed by atoms with Crippen molar-refractivity contribution in [3.63, 3.8) is 0 Å². The first-order valence-corrected chi connectivity index (χ1v) is 25.1. The number of hydrogen-bond donors (Lipinski definition) is 2. The Kier molecular flexibility index (Phi) is 17.8. The number of rotatable bonds is 25. The summed E-state index contributed by atoms with van der Waals surface area (Å²) in [5, 5.41) is 48.0. The Morgan fingerprint density at radius 1 is 0.882 bits per heavy atom. The lowest BCUT2D eigenvalue weighted by Crippen LogP contribution is -2.70. The summed E-state index contributed by atoms with van der Waals surface area (Å²) in [5.74, 6) is -2.53. The van der Waals surface area contributed by atoms with Crippen LogP contribution in [0.5, 0.6) is 23.0 Å². The maximum atomic E-state index is 15.3. The number of unbranched alkanes of at least 4 members (excludes halogenated alkanes) is 2. The van der Waals surface area contributed by atoms with Crippen LogP contribution in [0.4, 0.5) is 15.8 Å². The van der Waals surface area contributed by atoms with Gasteiger partial charge in [-0.1, -0.05) is 42.3 Å². The average molecular weight is 1040 g/mol. The van der Waals surface area contributed by atoms with Crippen LogP contribution in [0.2, 0.25) is 0 Å². The van der Waals surface area contributed by atoms with E-state index in [0.29, 0.717) is 95.8 Å². The third-order valence-electron chi connectivity index (χ3n) is 14.2. The number of aldehydes is 1. The van der Waals surface area contributed by atoms with Crippen LogP contribution in [-0.4, -0.2) is 81.6 Å². The molecule has 1 heterocycles. The molecular weight excluding hydrogens is 980 g/mol. The zero-order valence-corrected chi connectivity index (χ0v) is 41.9. The molecule has 3 aliphatic rings. The number of hydrogen-bond acceptors (Lipinski definition) is 14. The first-order valence-electron chi connectivity index (χ1n) is 25.1. The molecule has 8 rings (SSSR count). The van der Waals surface area contributed by atoms with Crippen LogP contribution in [-0.2, 0) is 27.5 Å². The van der Waals surface area contributed by atoms with Crippen LogP contribution < -0.4 is 14.2 Å². The van der Waals surface area contributed by atoms with Gasteiger partial charge in [0.2, 0.25) is 11.7 Å². The van der Waals surface area contributed by atoms with Crippen LogP contribution in [0.25, 0.3) is 6.08 Å². The van der Waals surface area contributed by atoms with Gasteiger partial charge < -0.3 is 38.9 Å². The minimum absolute atomic E-state index is 0.000982. The largest absolute Gasteiger partial charge is 0.496 e. The molecule has 1 fully saturated rings. The van der Waals surface area contributed by atoms with Crippen molar-refractivity contribution in [2.45, 2.75) is 75.8 Å². The molecule has 0 radical (unpaired) electrons. The molecule has 5 aromatic carbocycles. The average Bonchev–Trinajstić information content (AvgIpc) is 3.55. The number of nitrogens with zero attached hydrogens (tertiary/aromatic N) is 4. The van der Waals surface area contributed by atoms with Gasteiger partial charge in [-0.3, -0.25) is 29.8 Å². The van der Waals surface area contributed by atoms with Crippen LogP contribution in [0.15, 0.2) is 145 Å². The Morgan fingerprint density at radius 3 is 2.20 bits per heavy atom. The standard InChI is InChI=1S/C58H59FN4O13/c1-3-30-73-58-54(61(35-39-10-17-43(59)18-11-39)55(67)27-16-38-12-19-44(20-13-38)62(68)69)34-51(60-74-37-40-14-21-45(22-15-40)63(70)71)49-32-41(8-4-6-28-64)48(9-5-7-29-65)56(57(49)58)50-33-47(24-26-53(50)76-58)75-46-23-25-52(72-2)42(31-46)36-66/h3,10-27,31-33,36,41,48,54,56-57,64-65H,1,4-9,28-30,34-35,37H2,2H3/t41-,48+,54-,56+,57+,58+/m0/s1. The van der Waals surface area contributed by atoms with Gasteiger partial charge in [0, 0.05) is 68.0 Å². The first kappa shape index (κ1) is 54.2. The molecule has 0 unspecified atom stereocenters. The highest BCUT2D eigenvalue weighted by molar-refractivity contribution is 6.03. The molecule has 17 nitrogen and oxygen atoms in total. The molecule has 1 amide bonds. The van der Waals surface area contributed by atoms with Crippen LogP contribution in [0.1, 0.15) is 83.5 Å². The number of aliphatic hydroxyl groups excluding tert-OH is 2. The van der Waals surface area contributed by atoms with E-state index < -0.39 is 45.2 Å². The molecule has 1 saturated carbocycles. The number of aliphatic hydroxyl groups is 2. The number of carbonyl (C=O) groups excluding carboxylic acids is 2. The normalized spacial score (nSPS) is 20.9. The summed E-state index contributed by atoms with van der Waals surface area (Å²) in [6, 6.07) is 26.8. The molecule has 1 aliphatic heterocycles. The minimum atomic E-state index is -1.70. The number of nitro benzene ring substituents is 2. The predicted molar refractivity (Wildman–Crippen MR) is 280 cm³/mol. The van der Waals surface area contributed by atoms with E-state index in [1.807, 2.05) is 6.07 Å². The van der Waals surface area contributed by atoms with Gasteiger partial charge in [-0.05, 0) is 139 Å². The van der Waals surface area contributed by atoms with Crippen molar-refractivity contribution in [2.24, 2.45) is 22.9 Å². The Bertz CT molecular complexity index is 2980. The van der Waals surface area contributed by atoms with Crippen molar-refractivity contribution >= 4 is 35.4 Å². The Morgan fingerprint density at radius 2 is 1.54 bits per heavy atom. The highest BCUT2D eigenvalue weighted by Gasteiger charge is 2.65. The van der Waals surface area contributed by atoms with E-state index in [1.165, 1.54) is 61.7 Å². The predicted octanol–water partition coefficient (Wildman–Crippen LogP) is 10.8. The fourth-order valence-corrected chi connectivity index (χ4v) is 10.7. The Hall–Kier alpha value is -8.06. The van der Waals surface area contributed by atoms with E-state index in [9.17, 15) is 39.6 Å². The summed E-state index contributed by atoms with van der Waals surface area (Å²) < 4.78 is 40.9. The number of oxime groups is 1. The molecule has 2 N–H and O–H groups in total. The van der Waals surface area contributed by atoms with E-state index in [1.54, 1.807) is 71.6 Å². The van der Waals surface area contributed by atoms with E-state index in [2.05, 4.69) is 12.7 Å². The quantitative estimate of drug-likeness (QED) is 0.0139. The molecule has 18 heteroatoms. The number of nitro groups is 2. The van der Waals surface area contributed by atoms with E-state index in [0.717, 1.165) is 11.1 Å². The topological polar surface area (TPSA) is 223 Å². The number of amides is 1. The highest BCUT2D eigenvalue weighted by Crippen LogP contribution is 2.62. The smallest absolute Gasteiger partial charge is 0.269 e. The number of non-ortho nitro benzene ring substituents is 2. The fraction of sp³-hybridized carbons (Fsp3) is 0.328. The molecule has 5 aromatic rings. The summed E-state index contributed by atoms with van der Waals surface area (Å²) in [7, 11) is 1.47. The molecule has 396 valence electrons. The molecule has 76 heavy (non-hydrogen) atoms. The molecule has 2 aliphatic carbocycles. The third-order valence-corrected chi connectivity index (χ3v) is 14.2. The Labute approximate surface area is 438 Å². The number of methoxy groups -OCH3 is 1. The van der Waals surface area contributed by atoms with Crippen molar-refractivity contribution in [3.8, 4) is 23.0 Å². The number of halogens is 1. The monoisotopic (exact) mass is 1040 g/mol. The van der Waals surface area contributed by atoms with Crippen molar-refractivity contribution in [2.75, 3.05) is 26.9 Å². The van der Waals surface area contributed by atoms with Crippen LogP contribution in [0.3, 0.4) is 0 Å². The SMILES string of the molecule is C=CCO[C@@]12Oc3ccc(Oc4ccc(OC)c(C=O)c4)cc3[C@H]3[C@H](CCCCO)[C@@H](CCCCO)C=C(C(=NOCc4ccc([N+](=O)[O-])cc4)C[C@@H]1N(Cc1ccc(F)cc1)C(=O)C=Cc1ccc([N+](=O)[O-])cc1)[C@H]32. The zero-order chi connectivity index (χ0) is 53.8. The van der Waals surface area contributed by atoms with Gasteiger partial charge in [-0.2, -0.15) is 0 Å². The van der Waals surface area contributed by atoms with Crippen molar-refractivity contribution in [3.05, 3.63) is 193 Å². The summed E-state index contributed by atoms with van der Waals surface area (Å²) in [4.78, 5) is 57.1. The van der Waals surface area contributed by atoms with Crippen LogP contribution >= 0.6 is 0 Å².